The number of nitrogens with one attached hydrogen (secondary N) is 1. The van der Waals surface area contributed by atoms with Gasteiger partial charge < -0.3 is 25.1 Å². The van der Waals surface area contributed by atoms with Gasteiger partial charge in [-0.15, -0.1) is 0 Å². The maximum absolute atomic E-state index is 13.6. The molecule has 0 spiro atoms. The van der Waals surface area contributed by atoms with Crippen LogP contribution in [0.15, 0.2) is 67.3 Å². The fourth-order valence-electron chi connectivity index (χ4n) is 6.35. The molecule has 2 fully saturated rings. The number of piperazine rings is 1. The van der Waals surface area contributed by atoms with Crippen molar-refractivity contribution in [3.8, 4) is 11.3 Å². The van der Waals surface area contributed by atoms with E-state index in [1.54, 1.807) is 18.6 Å². The number of aromatic nitrogens is 4. The number of carbonyl (C=O) groups is 2. The molecule has 0 bridgehead atoms. The number of amides is 2. The second-order valence-electron chi connectivity index (χ2n) is 12.2. The molecule has 11 nitrogen and oxygen atoms in total. The first-order valence-corrected chi connectivity index (χ1v) is 15.7. The van der Waals surface area contributed by atoms with Gasteiger partial charge in [-0.1, -0.05) is 18.2 Å². The molecule has 0 atom stereocenters. The van der Waals surface area contributed by atoms with E-state index in [0.717, 1.165) is 79.8 Å². The summed E-state index contributed by atoms with van der Waals surface area (Å²) < 4.78 is 0. The third kappa shape index (κ3) is 7.54. The zero-order valence-corrected chi connectivity index (χ0v) is 25.7. The highest BCUT2D eigenvalue weighted by atomic mass is 16.4. The number of hydrogen-bond donors (Lipinski definition) is 2. The monoisotopic (exact) mass is 608 g/mol. The summed E-state index contributed by atoms with van der Waals surface area (Å²) in [6.07, 6.45) is 9.39. The Morgan fingerprint density at radius 2 is 1.73 bits per heavy atom. The second kappa shape index (κ2) is 14.0. The molecule has 6 rings (SSSR count). The molecule has 1 saturated carbocycles. The summed E-state index contributed by atoms with van der Waals surface area (Å²) in [4.78, 5) is 49.4. The van der Waals surface area contributed by atoms with Crippen LogP contribution >= 0.6 is 0 Å². The highest BCUT2D eigenvalue weighted by Crippen LogP contribution is 2.30. The van der Waals surface area contributed by atoms with E-state index in [1.807, 2.05) is 48.7 Å². The normalized spacial score (nSPS) is 18.9. The molecule has 2 aliphatic rings. The minimum atomic E-state index is -0.944. The summed E-state index contributed by atoms with van der Waals surface area (Å²) in [5.41, 5.74) is 3.62. The van der Waals surface area contributed by atoms with Crippen LogP contribution in [-0.4, -0.2) is 93.2 Å². The SMILES string of the molecule is CN1CCN(c2ccc(-c3cc(C(=O)NCC4CCC(CN(Cc5cnccn5)C(=O)O)CC4)c4ccccc4n3)cn2)CC1. The first-order valence-electron chi connectivity index (χ1n) is 15.7. The fraction of sp³-hybridized carbons (Fsp3) is 0.412. The Morgan fingerprint density at radius 3 is 2.44 bits per heavy atom. The molecule has 1 aromatic carbocycles. The van der Waals surface area contributed by atoms with Crippen LogP contribution in [0, 0.1) is 11.8 Å². The molecule has 4 heterocycles. The van der Waals surface area contributed by atoms with Gasteiger partial charge in [-0.3, -0.25) is 14.8 Å². The number of likely N-dealkylation sites (N-methyl/N-ethyl adjacent to an activating group) is 1. The van der Waals surface area contributed by atoms with Crippen molar-refractivity contribution in [2.75, 3.05) is 51.2 Å². The Hall–Kier alpha value is -4.64. The molecule has 1 aliphatic heterocycles. The van der Waals surface area contributed by atoms with Crippen LogP contribution in [0.4, 0.5) is 10.6 Å². The van der Waals surface area contributed by atoms with E-state index < -0.39 is 6.09 Å². The number of rotatable bonds is 9. The molecule has 45 heavy (non-hydrogen) atoms. The molecular weight excluding hydrogens is 568 g/mol. The largest absolute Gasteiger partial charge is 0.465 e. The smallest absolute Gasteiger partial charge is 0.407 e. The third-order valence-corrected chi connectivity index (χ3v) is 9.07. The third-order valence-electron chi connectivity index (χ3n) is 9.07. The van der Waals surface area contributed by atoms with Crippen molar-refractivity contribution < 1.29 is 14.7 Å². The molecule has 0 radical (unpaired) electrons. The van der Waals surface area contributed by atoms with E-state index in [-0.39, 0.29) is 18.4 Å². The van der Waals surface area contributed by atoms with Crippen LogP contribution in [0.3, 0.4) is 0 Å². The number of carbonyl (C=O) groups excluding carboxylic acids is 1. The van der Waals surface area contributed by atoms with E-state index in [2.05, 4.69) is 32.1 Å². The predicted octanol–water partition coefficient (Wildman–Crippen LogP) is 4.56. The predicted molar refractivity (Wildman–Crippen MR) is 173 cm³/mol. The van der Waals surface area contributed by atoms with E-state index in [4.69, 9.17) is 9.97 Å². The van der Waals surface area contributed by atoms with Crippen LogP contribution in [-0.2, 0) is 6.54 Å². The lowest BCUT2D eigenvalue weighted by molar-refractivity contribution is 0.0937. The lowest BCUT2D eigenvalue weighted by Crippen LogP contribution is -2.44. The minimum Gasteiger partial charge on any atom is -0.465 e. The van der Waals surface area contributed by atoms with Crippen LogP contribution in [0.5, 0.6) is 0 Å². The Kier molecular flexibility index (Phi) is 9.44. The summed E-state index contributed by atoms with van der Waals surface area (Å²) in [6.45, 7) is 5.23. The van der Waals surface area contributed by atoms with Crippen molar-refractivity contribution >= 4 is 28.7 Å². The van der Waals surface area contributed by atoms with E-state index >= 15 is 0 Å². The molecule has 2 N–H and O–H groups in total. The maximum atomic E-state index is 13.6. The summed E-state index contributed by atoms with van der Waals surface area (Å²) in [5.74, 6) is 1.48. The average molecular weight is 609 g/mol. The van der Waals surface area contributed by atoms with Crippen molar-refractivity contribution in [2.45, 2.75) is 32.2 Å². The van der Waals surface area contributed by atoms with Gasteiger partial charge in [-0.2, -0.15) is 0 Å². The van der Waals surface area contributed by atoms with Gasteiger partial charge in [0.25, 0.3) is 5.91 Å². The zero-order chi connectivity index (χ0) is 31.2. The molecule has 11 heteroatoms. The number of carboxylic acid groups (broad SMARTS) is 1. The summed E-state index contributed by atoms with van der Waals surface area (Å²) in [5, 5.41) is 13.7. The first-order chi connectivity index (χ1) is 21.9. The Morgan fingerprint density at radius 1 is 0.956 bits per heavy atom. The number of para-hydroxylation sites is 1. The van der Waals surface area contributed by atoms with Gasteiger partial charge in [0.2, 0.25) is 0 Å². The lowest BCUT2D eigenvalue weighted by Gasteiger charge is -2.33. The Labute approximate surface area is 263 Å². The highest BCUT2D eigenvalue weighted by Gasteiger charge is 2.26. The van der Waals surface area contributed by atoms with Crippen LogP contribution < -0.4 is 10.2 Å². The standard InChI is InChI=1S/C34H40N8O3/c1-40-14-16-41(17-15-40)32-11-10-26(20-37-32)31-18-29(28-4-2-3-5-30(28)39-31)33(43)38-19-24-6-8-25(9-7-24)22-42(34(44)45)23-27-21-35-12-13-36-27/h2-5,10-13,18,20-21,24-25H,6-9,14-17,19,22-23H2,1H3,(H,38,43)(H,44,45). The summed E-state index contributed by atoms with van der Waals surface area (Å²) in [7, 11) is 2.14. The van der Waals surface area contributed by atoms with Gasteiger partial charge >= 0.3 is 6.09 Å². The van der Waals surface area contributed by atoms with Gasteiger partial charge in [0.15, 0.2) is 0 Å². The number of benzene rings is 1. The van der Waals surface area contributed by atoms with E-state index in [0.29, 0.717) is 30.3 Å². The maximum Gasteiger partial charge on any atom is 0.407 e. The fourth-order valence-corrected chi connectivity index (χ4v) is 6.35. The Balaban J connectivity index is 1.07. The van der Waals surface area contributed by atoms with Crippen molar-refractivity contribution in [3.05, 3.63) is 78.5 Å². The topological polar surface area (TPSA) is 128 Å². The number of anilines is 1. The van der Waals surface area contributed by atoms with Crippen LogP contribution in [0.1, 0.15) is 41.7 Å². The molecular formula is C34H40N8O3. The quantitative estimate of drug-likeness (QED) is 0.281. The van der Waals surface area contributed by atoms with Gasteiger partial charge in [0.1, 0.15) is 5.82 Å². The molecule has 4 aromatic rings. The second-order valence-corrected chi connectivity index (χ2v) is 12.2. The van der Waals surface area contributed by atoms with Crippen molar-refractivity contribution in [2.24, 2.45) is 11.8 Å². The molecule has 0 unspecified atom stereocenters. The summed E-state index contributed by atoms with van der Waals surface area (Å²) >= 11 is 0. The summed E-state index contributed by atoms with van der Waals surface area (Å²) in [6, 6.07) is 13.7. The molecule has 1 saturated heterocycles. The van der Waals surface area contributed by atoms with Crippen LogP contribution in [0.2, 0.25) is 0 Å². The Bertz CT molecular complexity index is 1600. The number of pyridine rings is 2. The highest BCUT2D eigenvalue weighted by molar-refractivity contribution is 6.07. The number of fused-ring (bicyclic) bond motifs is 1. The average Bonchev–Trinajstić information content (AvgIpc) is 3.08. The molecule has 3 aromatic heterocycles. The van der Waals surface area contributed by atoms with Gasteiger partial charge in [-0.05, 0) is 68.8 Å². The van der Waals surface area contributed by atoms with Gasteiger partial charge in [0.05, 0.1) is 35.2 Å². The van der Waals surface area contributed by atoms with Crippen molar-refractivity contribution in [3.63, 3.8) is 0 Å². The van der Waals surface area contributed by atoms with Crippen molar-refractivity contribution in [1.29, 1.82) is 0 Å². The molecule has 234 valence electrons. The molecule has 2 amide bonds. The van der Waals surface area contributed by atoms with Crippen molar-refractivity contribution in [1.82, 2.24) is 35.1 Å². The van der Waals surface area contributed by atoms with Gasteiger partial charge in [0, 0.05) is 68.8 Å². The van der Waals surface area contributed by atoms with Crippen LogP contribution in [0.25, 0.3) is 22.2 Å². The number of nitrogens with zero attached hydrogens (tertiary/aromatic N) is 7. The van der Waals surface area contributed by atoms with E-state index in [1.165, 1.54) is 4.90 Å². The molecule has 1 aliphatic carbocycles. The minimum absolute atomic E-state index is 0.111. The van der Waals surface area contributed by atoms with E-state index in [9.17, 15) is 14.7 Å². The first kappa shape index (κ1) is 30.4. The zero-order valence-electron chi connectivity index (χ0n) is 25.7. The van der Waals surface area contributed by atoms with Gasteiger partial charge in [-0.25, -0.2) is 14.8 Å². The number of hydrogen-bond acceptors (Lipinski definition) is 8. The lowest BCUT2D eigenvalue weighted by atomic mass is 9.81.